The first-order chi connectivity index (χ1) is 12.8. The van der Waals surface area contributed by atoms with Crippen LogP contribution in [-0.2, 0) is 9.84 Å². The van der Waals surface area contributed by atoms with E-state index in [0.717, 1.165) is 5.69 Å². The maximum atomic E-state index is 12.9. The molecule has 1 fully saturated rings. The molecule has 0 N–H and O–H groups in total. The molecule has 1 unspecified atom stereocenters. The monoisotopic (exact) mass is 406 g/mol. The number of rotatable bonds is 3. The van der Waals surface area contributed by atoms with Crippen LogP contribution in [0.15, 0.2) is 48.5 Å². The highest BCUT2D eigenvalue weighted by Crippen LogP contribution is 2.34. The normalized spacial score (nSPS) is 19.4. The van der Waals surface area contributed by atoms with Crippen molar-refractivity contribution in [2.24, 2.45) is 0 Å². The molecule has 0 bridgehead atoms. The van der Waals surface area contributed by atoms with Gasteiger partial charge in [-0.1, -0.05) is 35.9 Å². The lowest BCUT2D eigenvalue weighted by Gasteiger charge is -2.21. The van der Waals surface area contributed by atoms with Crippen molar-refractivity contribution in [3.05, 3.63) is 64.7 Å². The van der Waals surface area contributed by atoms with Crippen LogP contribution in [0.5, 0.6) is 0 Å². The molecule has 2 aromatic rings. The number of sulfone groups is 1. The Labute approximate surface area is 165 Å². The summed E-state index contributed by atoms with van der Waals surface area (Å²) in [6, 6.07) is 14.4. The molecule has 1 aliphatic heterocycles. The van der Waals surface area contributed by atoms with E-state index >= 15 is 0 Å². The molecule has 7 heteroatoms. The number of amides is 1. The van der Waals surface area contributed by atoms with E-state index in [2.05, 4.69) is 0 Å². The van der Waals surface area contributed by atoms with E-state index in [0.29, 0.717) is 29.1 Å². The van der Waals surface area contributed by atoms with Gasteiger partial charge in [-0.2, -0.15) is 0 Å². The Balaban J connectivity index is 1.84. The Hall–Kier alpha value is -2.05. The first-order valence-electron chi connectivity index (χ1n) is 8.82. The third kappa shape index (κ3) is 4.28. The van der Waals surface area contributed by atoms with Crippen LogP contribution in [0.25, 0.3) is 0 Å². The van der Waals surface area contributed by atoms with Crippen molar-refractivity contribution in [2.45, 2.75) is 11.7 Å². The van der Waals surface area contributed by atoms with Crippen LogP contribution in [0.1, 0.15) is 27.6 Å². The van der Waals surface area contributed by atoms with Crippen molar-refractivity contribution in [1.29, 1.82) is 0 Å². The van der Waals surface area contributed by atoms with Crippen molar-refractivity contribution in [2.75, 3.05) is 37.8 Å². The van der Waals surface area contributed by atoms with Gasteiger partial charge in [0.05, 0.1) is 11.0 Å². The molecule has 0 aliphatic carbocycles. The van der Waals surface area contributed by atoms with Gasteiger partial charge >= 0.3 is 0 Å². The van der Waals surface area contributed by atoms with Crippen molar-refractivity contribution in [1.82, 2.24) is 4.90 Å². The molecule has 1 atom stereocenters. The number of hydrogen-bond acceptors (Lipinski definition) is 4. The van der Waals surface area contributed by atoms with Gasteiger partial charge in [-0.05, 0) is 36.2 Å². The summed E-state index contributed by atoms with van der Waals surface area (Å²) in [7, 11) is 0.434. The van der Waals surface area contributed by atoms with E-state index in [1.165, 1.54) is 0 Å². The molecular weight excluding hydrogens is 384 g/mol. The van der Waals surface area contributed by atoms with Gasteiger partial charge in [-0.3, -0.25) is 4.79 Å². The second-order valence-electron chi connectivity index (χ2n) is 6.90. The van der Waals surface area contributed by atoms with Crippen molar-refractivity contribution in [3.63, 3.8) is 0 Å². The van der Waals surface area contributed by atoms with E-state index < -0.39 is 15.1 Å². The van der Waals surface area contributed by atoms with E-state index in [1.54, 1.807) is 35.2 Å². The highest BCUT2D eigenvalue weighted by molar-refractivity contribution is 7.91. The van der Waals surface area contributed by atoms with Crippen LogP contribution in [0.4, 0.5) is 5.69 Å². The summed E-state index contributed by atoms with van der Waals surface area (Å²) in [6.45, 7) is 0.564. The fourth-order valence-corrected chi connectivity index (χ4v) is 5.48. The van der Waals surface area contributed by atoms with Gasteiger partial charge < -0.3 is 9.80 Å². The fraction of sp³-hybridized carbons (Fsp3) is 0.350. The van der Waals surface area contributed by atoms with Crippen LogP contribution in [-0.4, -0.2) is 52.2 Å². The summed E-state index contributed by atoms with van der Waals surface area (Å²) in [5.41, 5.74) is 2.11. The molecule has 27 heavy (non-hydrogen) atoms. The van der Waals surface area contributed by atoms with Gasteiger partial charge in [0.2, 0.25) is 0 Å². The van der Waals surface area contributed by atoms with Crippen molar-refractivity contribution in [3.8, 4) is 0 Å². The van der Waals surface area contributed by atoms with E-state index in [9.17, 15) is 13.2 Å². The van der Waals surface area contributed by atoms with Gasteiger partial charge in [-0.25, -0.2) is 8.42 Å². The van der Waals surface area contributed by atoms with Gasteiger partial charge in [0.25, 0.3) is 5.91 Å². The predicted octanol–water partition coefficient (Wildman–Crippen LogP) is 3.41. The number of nitrogens with zero attached hydrogens (tertiary/aromatic N) is 2. The number of carbonyl (C=O) groups is 1. The highest BCUT2D eigenvalue weighted by atomic mass is 35.5. The molecule has 1 amide bonds. The molecule has 0 aromatic heterocycles. The summed E-state index contributed by atoms with van der Waals surface area (Å²) in [5.74, 6) is -0.212. The number of anilines is 1. The van der Waals surface area contributed by atoms with Crippen LogP contribution >= 0.6 is 11.6 Å². The minimum absolute atomic E-state index is 0.0675. The van der Waals surface area contributed by atoms with Gasteiger partial charge in [0.1, 0.15) is 0 Å². The third-order valence-corrected chi connectivity index (χ3v) is 7.34. The van der Waals surface area contributed by atoms with Crippen LogP contribution in [0.2, 0.25) is 5.02 Å². The molecule has 0 spiro atoms. The zero-order chi connectivity index (χ0) is 19.6. The number of halogens is 1. The van der Waals surface area contributed by atoms with Crippen molar-refractivity contribution >= 4 is 33.0 Å². The third-order valence-electron chi connectivity index (χ3n) is 4.89. The Bertz CT molecular complexity index is 944. The second-order valence-corrected chi connectivity index (χ2v) is 9.61. The maximum Gasteiger partial charge on any atom is 0.253 e. The van der Waals surface area contributed by atoms with E-state index in [-0.39, 0.29) is 18.2 Å². The zero-order valence-electron chi connectivity index (χ0n) is 15.4. The largest absolute Gasteiger partial charge is 0.378 e. The predicted molar refractivity (Wildman–Crippen MR) is 109 cm³/mol. The summed E-state index contributed by atoms with van der Waals surface area (Å²) >= 11 is 6.23. The second kappa shape index (κ2) is 7.90. The van der Waals surface area contributed by atoms with Crippen LogP contribution in [0, 0.1) is 0 Å². The molecule has 1 saturated heterocycles. The smallest absolute Gasteiger partial charge is 0.253 e. The van der Waals surface area contributed by atoms with E-state index in [4.69, 9.17) is 11.6 Å². The Morgan fingerprint density at radius 3 is 2.56 bits per heavy atom. The fourth-order valence-electron chi connectivity index (χ4n) is 3.33. The van der Waals surface area contributed by atoms with Gasteiger partial charge in [0, 0.05) is 43.5 Å². The number of benzene rings is 2. The lowest BCUT2D eigenvalue weighted by atomic mass is 10.1. The van der Waals surface area contributed by atoms with Crippen LogP contribution < -0.4 is 4.90 Å². The van der Waals surface area contributed by atoms with E-state index in [1.807, 2.05) is 37.2 Å². The molecule has 2 aromatic carbocycles. The highest BCUT2D eigenvalue weighted by Gasteiger charge is 2.34. The average molecular weight is 407 g/mol. The molecule has 144 valence electrons. The van der Waals surface area contributed by atoms with Crippen molar-refractivity contribution < 1.29 is 13.2 Å². The molecular formula is C20H23ClN2O3S. The van der Waals surface area contributed by atoms with Gasteiger partial charge in [0.15, 0.2) is 9.84 Å². The van der Waals surface area contributed by atoms with Gasteiger partial charge in [-0.15, -0.1) is 0 Å². The average Bonchev–Trinajstić information content (AvgIpc) is 2.80. The molecule has 5 nitrogen and oxygen atoms in total. The summed E-state index contributed by atoms with van der Waals surface area (Å²) in [5, 5.41) is -0.235. The Morgan fingerprint density at radius 1 is 1.11 bits per heavy atom. The number of carbonyl (C=O) groups excluding carboxylic acids is 1. The molecule has 1 heterocycles. The minimum atomic E-state index is -3.39. The van der Waals surface area contributed by atoms with Crippen LogP contribution in [0.3, 0.4) is 0 Å². The quantitative estimate of drug-likeness (QED) is 0.783. The SMILES string of the molecule is CN(C)c1cccc(C(=O)N2CCC(c3ccccc3Cl)S(=O)(=O)CC2)c1. The Morgan fingerprint density at radius 2 is 1.85 bits per heavy atom. The standard InChI is InChI=1S/C20H23ClN2O3S/c1-22(2)16-7-5-6-15(14-16)20(24)23-11-10-19(27(25,26)13-12-23)17-8-3-4-9-18(17)21/h3-9,14,19H,10-13H2,1-2H3. The lowest BCUT2D eigenvalue weighted by Crippen LogP contribution is -2.33. The molecule has 0 saturated carbocycles. The summed E-state index contributed by atoms with van der Waals surface area (Å²) < 4.78 is 25.6. The molecule has 0 radical (unpaired) electrons. The lowest BCUT2D eigenvalue weighted by molar-refractivity contribution is 0.0766. The molecule has 3 rings (SSSR count). The summed E-state index contributed by atoms with van der Waals surface area (Å²) in [6.07, 6.45) is 0.338. The molecule has 1 aliphatic rings. The number of hydrogen-bond donors (Lipinski definition) is 0. The first-order valence-corrected chi connectivity index (χ1v) is 10.9. The minimum Gasteiger partial charge on any atom is -0.378 e. The zero-order valence-corrected chi connectivity index (χ0v) is 17.0. The summed E-state index contributed by atoms with van der Waals surface area (Å²) in [4.78, 5) is 16.5. The first kappa shape index (κ1) is 19.7. The topological polar surface area (TPSA) is 57.7 Å². The maximum absolute atomic E-state index is 12.9. The Kier molecular flexibility index (Phi) is 5.77.